The van der Waals surface area contributed by atoms with E-state index in [1.54, 1.807) is 0 Å². The molecule has 0 N–H and O–H groups in total. The Kier molecular flexibility index (Phi) is 8.33. The molecule has 2 nitrogen and oxygen atoms in total. The van der Waals surface area contributed by atoms with Crippen LogP contribution in [0.15, 0.2) is 158 Å². The van der Waals surface area contributed by atoms with Crippen molar-refractivity contribution in [1.29, 1.82) is 0 Å². The second-order valence-electron chi connectivity index (χ2n) is 13.6. The third kappa shape index (κ3) is 5.60. The summed E-state index contributed by atoms with van der Waals surface area (Å²) >= 11 is 0. The third-order valence-corrected chi connectivity index (χ3v) is 15.6. The predicted molar refractivity (Wildman–Crippen MR) is 207 cm³/mol. The van der Waals surface area contributed by atoms with Gasteiger partial charge in [-0.2, -0.15) is 0 Å². The molecule has 2 heterocycles. The fourth-order valence-corrected chi connectivity index (χ4v) is 13.3. The Bertz CT molecular complexity index is 1820. The summed E-state index contributed by atoms with van der Waals surface area (Å²) in [5.41, 5.74) is 2.65. The standard InChI is InChI=1S/C45H40O2P2/c1-5-21-37(22-6-1)48(38-23-7-2-8-24-38)41-29-15-17-33-31-35-19-13-14-20-36-32-34-18-16-30-42(44(34)47-45(35,36)46-43(33)41)49(39-25-9-3-10-26-39)40-27-11-4-12-28-40/h1-12,15-18,21-30,35-36H,13-14,19-20,31-32H2/t35-,36-,45?/m1/s1. The summed E-state index contributed by atoms with van der Waals surface area (Å²) < 4.78 is 15.3. The average Bonchev–Trinajstić information content (AvgIpc) is 3.34. The van der Waals surface area contributed by atoms with Crippen molar-refractivity contribution in [1.82, 2.24) is 0 Å². The minimum Gasteiger partial charge on any atom is -0.451 e. The van der Waals surface area contributed by atoms with Gasteiger partial charge in [-0.3, -0.25) is 0 Å². The highest BCUT2D eigenvalue weighted by atomic mass is 31.1. The molecule has 0 aromatic heterocycles. The quantitative estimate of drug-likeness (QED) is 0.166. The molecule has 6 aromatic carbocycles. The van der Waals surface area contributed by atoms with Crippen LogP contribution in [0.1, 0.15) is 36.8 Å². The zero-order valence-corrected chi connectivity index (χ0v) is 29.4. The molecule has 6 aromatic rings. The molecule has 49 heavy (non-hydrogen) atoms. The van der Waals surface area contributed by atoms with Gasteiger partial charge in [0, 0.05) is 22.4 Å². The average molecular weight is 675 g/mol. The number of rotatable bonds is 6. The maximum Gasteiger partial charge on any atom is 0.257 e. The van der Waals surface area contributed by atoms with E-state index in [2.05, 4.69) is 158 Å². The monoisotopic (exact) mass is 674 g/mol. The highest BCUT2D eigenvalue weighted by Gasteiger charge is 2.56. The van der Waals surface area contributed by atoms with Gasteiger partial charge in [-0.25, -0.2) is 0 Å². The number of hydrogen-bond acceptors (Lipinski definition) is 2. The van der Waals surface area contributed by atoms with E-state index in [1.807, 2.05) is 0 Å². The van der Waals surface area contributed by atoms with Gasteiger partial charge in [-0.1, -0.05) is 171 Å². The van der Waals surface area contributed by atoms with E-state index in [4.69, 9.17) is 9.47 Å². The molecule has 2 atom stereocenters. The molecular weight excluding hydrogens is 634 g/mol. The van der Waals surface area contributed by atoms with Gasteiger partial charge in [0.05, 0.1) is 0 Å². The van der Waals surface area contributed by atoms with Crippen LogP contribution in [0.2, 0.25) is 0 Å². The molecule has 1 aliphatic carbocycles. The minimum absolute atomic E-state index is 0.295. The lowest BCUT2D eigenvalue weighted by atomic mass is 9.75. The summed E-state index contributed by atoms with van der Waals surface area (Å²) in [6, 6.07) is 57.8. The smallest absolute Gasteiger partial charge is 0.257 e. The van der Waals surface area contributed by atoms with Gasteiger partial charge in [-0.15, -0.1) is 0 Å². The number of para-hydroxylation sites is 2. The first kappa shape index (κ1) is 30.8. The first-order valence-electron chi connectivity index (χ1n) is 17.7. The Hall–Kier alpha value is -4.22. The molecule has 0 bridgehead atoms. The van der Waals surface area contributed by atoms with Crippen molar-refractivity contribution in [3.05, 3.63) is 169 Å². The van der Waals surface area contributed by atoms with Crippen LogP contribution < -0.4 is 41.3 Å². The van der Waals surface area contributed by atoms with Gasteiger partial charge in [-0.05, 0) is 73.9 Å². The van der Waals surface area contributed by atoms with Gasteiger partial charge in [0.1, 0.15) is 11.5 Å². The van der Waals surface area contributed by atoms with E-state index in [0.29, 0.717) is 11.8 Å². The van der Waals surface area contributed by atoms with E-state index in [0.717, 1.165) is 37.2 Å². The molecular formula is C45H40O2P2. The van der Waals surface area contributed by atoms with E-state index in [-0.39, 0.29) is 0 Å². The maximum absolute atomic E-state index is 7.67. The lowest BCUT2D eigenvalue weighted by Gasteiger charge is -2.51. The largest absolute Gasteiger partial charge is 0.451 e. The fraction of sp³-hybridized carbons (Fsp3) is 0.200. The number of fused-ring (bicyclic) bond motifs is 2. The van der Waals surface area contributed by atoms with Crippen LogP contribution in [0.5, 0.6) is 11.5 Å². The summed E-state index contributed by atoms with van der Waals surface area (Å²) in [5.74, 6) is 2.00. The van der Waals surface area contributed by atoms with Gasteiger partial charge in [0.2, 0.25) is 0 Å². The molecule has 9 rings (SSSR count). The number of hydrogen-bond donors (Lipinski definition) is 0. The van der Waals surface area contributed by atoms with Crippen LogP contribution in [0, 0.1) is 11.8 Å². The molecule has 1 fully saturated rings. The summed E-state index contributed by atoms with van der Waals surface area (Å²) in [6.45, 7) is 0. The predicted octanol–water partition coefficient (Wildman–Crippen LogP) is 8.28. The van der Waals surface area contributed by atoms with E-state index in [9.17, 15) is 0 Å². The zero-order valence-electron chi connectivity index (χ0n) is 27.6. The molecule has 242 valence electrons. The molecule has 4 heteroatoms. The van der Waals surface area contributed by atoms with Gasteiger partial charge in [0.15, 0.2) is 0 Å². The van der Waals surface area contributed by atoms with Crippen LogP contribution >= 0.6 is 15.8 Å². The lowest BCUT2D eigenvalue weighted by Crippen LogP contribution is -2.60. The Labute approximate surface area is 292 Å². The summed E-state index contributed by atoms with van der Waals surface area (Å²) in [7, 11) is -1.65. The highest BCUT2D eigenvalue weighted by molar-refractivity contribution is 7.80. The zero-order chi connectivity index (χ0) is 32.6. The fourth-order valence-electron chi connectivity index (χ4n) is 8.42. The second-order valence-corrected chi connectivity index (χ2v) is 17.9. The molecule has 0 amide bonds. The topological polar surface area (TPSA) is 18.5 Å². The maximum atomic E-state index is 7.67. The van der Waals surface area contributed by atoms with Gasteiger partial charge in [0.25, 0.3) is 5.79 Å². The lowest BCUT2D eigenvalue weighted by molar-refractivity contribution is -0.208. The molecule has 1 spiro atoms. The third-order valence-electron chi connectivity index (χ3n) is 10.6. The Balaban J connectivity index is 1.20. The SMILES string of the molecule is c1ccc(P(c2ccccc2)c2cccc3c2OC24Oc5c(cccc5P(c5ccccc5)c5ccccc5)C[C@H]2CCCC[C@@H]4C3)cc1. The van der Waals surface area contributed by atoms with Crippen molar-refractivity contribution in [2.45, 2.75) is 44.3 Å². The first-order chi connectivity index (χ1) is 24.3. The van der Waals surface area contributed by atoms with Gasteiger partial charge >= 0.3 is 0 Å². The number of benzene rings is 6. The van der Waals surface area contributed by atoms with Crippen molar-refractivity contribution in [3.8, 4) is 11.5 Å². The van der Waals surface area contributed by atoms with Crippen molar-refractivity contribution in [3.63, 3.8) is 0 Å². The van der Waals surface area contributed by atoms with Crippen molar-refractivity contribution in [2.75, 3.05) is 0 Å². The number of ether oxygens (including phenoxy) is 2. The second kappa shape index (κ2) is 13.2. The summed E-state index contributed by atoms with van der Waals surface area (Å²) in [5, 5.41) is 7.94. The van der Waals surface area contributed by atoms with Crippen LogP contribution in [0.25, 0.3) is 0 Å². The molecule has 0 unspecified atom stereocenters. The Morgan fingerprint density at radius 3 is 1.10 bits per heavy atom. The highest BCUT2D eigenvalue weighted by Crippen LogP contribution is 2.54. The van der Waals surface area contributed by atoms with E-state index >= 15 is 0 Å². The van der Waals surface area contributed by atoms with Crippen LogP contribution in [0.4, 0.5) is 0 Å². The van der Waals surface area contributed by atoms with Crippen LogP contribution in [-0.4, -0.2) is 5.79 Å². The normalized spacial score (nSPS) is 20.9. The first-order valence-corrected chi connectivity index (χ1v) is 20.4. The van der Waals surface area contributed by atoms with E-state index < -0.39 is 21.6 Å². The molecule has 1 saturated carbocycles. The summed E-state index contributed by atoms with van der Waals surface area (Å²) in [4.78, 5) is 0. The molecule has 2 aliphatic heterocycles. The molecule has 0 saturated heterocycles. The van der Waals surface area contributed by atoms with Crippen molar-refractivity contribution < 1.29 is 9.47 Å². The Morgan fingerprint density at radius 2 is 0.755 bits per heavy atom. The van der Waals surface area contributed by atoms with Crippen LogP contribution in [-0.2, 0) is 12.8 Å². The van der Waals surface area contributed by atoms with Crippen molar-refractivity contribution in [2.24, 2.45) is 11.8 Å². The van der Waals surface area contributed by atoms with Crippen molar-refractivity contribution >= 4 is 47.7 Å². The van der Waals surface area contributed by atoms with Gasteiger partial charge < -0.3 is 9.47 Å². The van der Waals surface area contributed by atoms with Crippen LogP contribution in [0.3, 0.4) is 0 Å². The van der Waals surface area contributed by atoms with E-state index in [1.165, 1.54) is 55.8 Å². The Morgan fingerprint density at radius 1 is 0.408 bits per heavy atom. The minimum atomic E-state index is -0.827. The molecule has 0 radical (unpaired) electrons. The molecule has 3 aliphatic rings. The summed E-state index contributed by atoms with van der Waals surface area (Å²) in [6.07, 6.45) is 6.64.